The lowest BCUT2D eigenvalue weighted by Gasteiger charge is -2.35. The van der Waals surface area contributed by atoms with Gasteiger partial charge in [-0.15, -0.1) is 0 Å². The Labute approximate surface area is 342 Å². The lowest BCUT2D eigenvalue weighted by atomic mass is 9.89. The number of nitrogens with one attached hydrogen (secondary N) is 3. The van der Waals surface area contributed by atoms with Crippen LogP contribution in [0.3, 0.4) is 0 Å². The van der Waals surface area contributed by atoms with E-state index < -0.39 is 29.7 Å². The molecular formula is C45H59N7O6. The summed E-state index contributed by atoms with van der Waals surface area (Å²) in [5.41, 5.74) is 5.88. The number of aliphatic hydroxyl groups excluding tert-OH is 1. The molecule has 0 radical (unpaired) electrons. The number of carbonyl (C=O) groups is 4. The highest BCUT2D eigenvalue weighted by molar-refractivity contribution is 5.88. The molecule has 13 heteroatoms. The quantitative estimate of drug-likeness (QED) is 0.0897. The molecule has 0 aliphatic carbocycles. The summed E-state index contributed by atoms with van der Waals surface area (Å²) in [6.07, 6.45) is -0.686. The first-order valence-electron chi connectivity index (χ1n) is 20.1. The van der Waals surface area contributed by atoms with Gasteiger partial charge in [-0.2, -0.15) is 0 Å². The maximum Gasteiger partial charge on any atom is 0.406 e. The molecule has 58 heavy (non-hydrogen) atoms. The van der Waals surface area contributed by atoms with Gasteiger partial charge in [-0.3, -0.25) is 20.0 Å². The summed E-state index contributed by atoms with van der Waals surface area (Å²) in [5, 5.41) is 21.7. The van der Waals surface area contributed by atoms with Gasteiger partial charge in [-0.05, 0) is 64.8 Å². The van der Waals surface area contributed by atoms with E-state index >= 15 is 0 Å². The lowest BCUT2D eigenvalue weighted by Crippen LogP contribution is -2.58. The number of urea groups is 1. The van der Waals surface area contributed by atoms with Crippen LogP contribution in [0.1, 0.15) is 63.1 Å². The van der Waals surface area contributed by atoms with Gasteiger partial charge in [0.1, 0.15) is 6.04 Å². The van der Waals surface area contributed by atoms with Gasteiger partial charge in [0.2, 0.25) is 11.8 Å². The third-order valence-corrected chi connectivity index (χ3v) is 10.7. The smallest absolute Gasteiger partial charge is 0.406 e. The van der Waals surface area contributed by atoms with Crippen LogP contribution in [0, 0.1) is 18.3 Å². The minimum absolute atomic E-state index is 0.0227. The molecule has 5 amide bonds. The number of carbonyl (C=O) groups excluding carboxylic acids is 4. The zero-order chi connectivity index (χ0) is 41.8. The second-order valence-corrected chi connectivity index (χ2v) is 16.2. The number of aromatic nitrogens is 1. The van der Waals surface area contributed by atoms with Crippen LogP contribution >= 0.6 is 0 Å². The molecule has 1 aliphatic rings. The molecular weight excluding hydrogens is 735 g/mol. The predicted octanol–water partition coefficient (Wildman–Crippen LogP) is 5.59. The fraction of sp³-hybridized carbons (Fsp3) is 0.444. The van der Waals surface area contributed by atoms with Gasteiger partial charge in [0.25, 0.3) is 0 Å². The first kappa shape index (κ1) is 43.6. The zero-order valence-electron chi connectivity index (χ0n) is 34.6. The average Bonchev–Trinajstić information content (AvgIpc) is 3.54. The van der Waals surface area contributed by atoms with E-state index in [1.54, 1.807) is 14.8 Å². The number of alkyl carbamates (subject to hydrolysis) is 1. The number of fused-ring (bicyclic) bond motifs is 1. The summed E-state index contributed by atoms with van der Waals surface area (Å²) in [4.78, 5) is 61.7. The highest BCUT2D eigenvalue weighted by atomic mass is 16.5. The van der Waals surface area contributed by atoms with Crippen LogP contribution in [0.5, 0.6) is 0 Å². The van der Waals surface area contributed by atoms with Crippen molar-refractivity contribution in [2.24, 2.45) is 11.3 Å². The van der Waals surface area contributed by atoms with Crippen LogP contribution < -0.4 is 16.1 Å². The molecule has 4 N–H and O–H groups in total. The van der Waals surface area contributed by atoms with Gasteiger partial charge >= 0.3 is 12.1 Å². The predicted molar refractivity (Wildman–Crippen MR) is 224 cm³/mol. The van der Waals surface area contributed by atoms with Gasteiger partial charge in [-0.25, -0.2) is 14.6 Å². The standard InChI is InChI=1S/C45H59N7O6/c1-7-31(2)41(52-23-22-50(44(52)57)28-37-19-13-14-32(3)47-37)42(55)48-38(25-33-15-9-8-10-16-33)39(53)29-51(27-34-20-21-35-17-11-12-18-36(35)24-34)49-40(54)26-45(4,5)30-46-43(56)58-6/h8-21,24,31,38-39,41,53H,7,22-23,25-30H2,1-6H3,(H,46,56)(H,48,55)(H,49,54). The number of hydrazine groups is 1. The van der Waals surface area contributed by atoms with Crippen molar-refractivity contribution in [2.45, 2.75) is 85.2 Å². The van der Waals surface area contributed by atoms with Gasteiger partial charge < -0.3 is 30.3 Å². The summed E-state index contributed by atoms with van der Waals surface area (Å²) < 4.78 is 4.71. The van der Waals surface area contributed by atoms with Gasteiger partial charge in [0, 0.05) is 44.8 Å². The molecule has 3 aromatic carbocycles. The SMILES string of the molecule is CCC(C)C(C(=O)NC(Cc1ccccc1)C(O)CN(Cc1ccc2ccccc2c1)NC(=O)CC(C)(C)CNC(=O)OC)N1CCN(Cc2cccc(C)n2)C1=O. The highest BCUT2D eigenvalue weighted by Gasteiger charge is 2.41. The van der Waals surface area contributed by atoms with Crippen molar-refractivity contribution in [1.29, 1.82) is 0 Å². The van der Waals surface area contributed by atoms with Crippen LogP contribution in [-0.4, -0.2) is 100 Å². The number of aryl methyl sites for hydroxylation is 1. The number of hydrogen-bond acceptors (Lipinski definition) is 8. The van der Waals surface area contributed by atoms with Gasteiger partial charge in [-0.1, -0.05) is 107 Å². The first-order chi connectivity index (χ1) is 27.7. The molecule has 0 spiro atoms. The monoisotopic (exact) mass is 793 g/mol. The summed E-state index contributed by atoms with van der Waals surface area (Å²) in [6.45, 7) is 11.3. The van der Waals surface area contributed by atoms with Crippen molar-refractivity contribution >= 4 is 34.7 Å². The van der Waals surface area contributed by atoms with E-state index in [1.807, 2.05) is 120 Å². The van der Waals surface area contributed by atoms with E-state index in [0.717, 1.165) is 33.3 Å². The molecule has 4 unspecified atom stereocenters. The number of amides is 5. The normalized spacial score (nSPS) is 15.2. The van der Waals surface area contributed by atoms with Crippen molar-refractivity contribution in [1.82, 2.24) is 35.9 Å². The maximum atomic E-state index is 14.5. The number of methoxy groups -OCH3 is 1. The Hall–Kier alpha value is -5.53. The molecule has 1 aliphatic heterocycles. The van der Waals surface area contributed by atoms with Gasteiger partial charge in [0.15, 0.2) is 0 Å². The Morgan fingerprint density at radius 3 is 2.38 bits per heavy atom. The number of hydrogen-bond donors (Lipinski definition) is 4. The Morgan fingerprint density at radius 2 is 1.67 bits per heavy atom. The van der Waals surface area contributed by atoms with Crippen molar-refractivity contribution in [3.05, 3.63) is 114 Å². The highest BCUT2D eigenvalue weighted by Crippen LogP contribution is 2.24. The van der Waals surface area contributed by atoms with Crippen molar-refractivity contribution < 1.29 is 29.0 Å². The molecule has 1 saturated heterocycles. The molecule has 4 atom stereocenters. The number of pyridine rings is 1. The summed E-state index contributed by atoms with van der Waals surface area (Å²) in [5.74, 6) is -0.817. The van der Waals surface area contributed by atoms with Gasteiger partial charge in [0.05, 0.1) is 31.5 Å². The lowest BCUT2D eigenvalue weighted by molar-refractivity contribution is -0.131. The Balaban J connectivity index is 1.37. The van der Waals surface area contributed by atoms with E-state index in [2.05, 4.69) is 27.1 Å². The molecule has 0 saturated carbocycles. The fourth-order valence-electron chi connectivity index (χ4n) is 7.40. The largest absolute Gasteiger partial charge is 0.453 e. The number of benzene rings is 3. The van der Waals surface area contributed by atoms with Crippen molar-refractivity contribution in [2.75, 3.05) is 33.3 Å². The molecule has 2 heterocycles. The van der Waals surface area contributed by atoms with E-state index in [1.165, 1.54) is 7.11 Å². The molecule has 5 rings (SSSR count). The van der Waals surface area contributed by atoms with Crippen LogP contribution in [0.25, 0.3) is 10.8 Å². The van der Waals surface area contributed by atoms with Crippen LogP contribution in [0.15, 0.2) is 91.0 Å². The van der Waals surface area contributed by atoms with Crippen LogP contribution in [-0.2, 0) is 33.8 Å². The minimum Gasteiger partial charge on any atom is -0.453 e. The van der Waals surface area contributed by atoms with E-state index in [4.69, 9.17) is 4.74 Å². The molecule has 1 aromatic heterocycles. The Bertz CT molecular complexity index is 2010. The average molecular weight is 794 g/mol. The van der Waals surface area contributed by atoms with E-state index in [-0.39, 0.29) is 49.8 Å². The maximum absolute atomic E-state index is 14.5. The number of nitrogens with zero attached hydrogens (tertiary/aromatic N) is 4. The first-order valence-corrected chi connectivity index (χ1v) is 20.1. The van der Waals surface area contributed by atoms with Crippen LogP contribution in [0.2, 0.25) is 0 Å². The third-order valence-electron chi connectivity index (χ3n) is 10.7. The van der Waals surface area contributed by atoms with Crippen molar-refractivity contribution in [3.8, 4) is 0 Å². The second-order valence-electron chi connectivity index (χ2n) is 16.2. The Morgan fingerprint density at radius 1 is 0.948 bits per heavy atom. The van der Waals surface area contributed by atoms with Crippen molar-refractivity contribution in [3.63, 3.8) is 0 Å². The third kappa shape index (κ3) is 12.2. The van der Waals surface area contributed by atoms with E-state index in [0.29, 0.717) is 32.5 Å². The molecule has 1 fully saturated rings. The fourth-order valence-corrected chi connectivity index (χ4v) is 7.40. The topological polar surface area (TPSA) is 156 Å². The molecule has 310 valence electrons. The summed E-state index contributed by atoms with van der Waals surface area (Å²) >= 11 is 0. The molecule has 0 bridgehead atoms. The number of rotatable bonds is 19. The number of aliphatic hydroxyl groups is 1. The number of ether oxygens (including phenoxy) is 1. The van der Waals surface area contributed by atoms with E-state index in [9.17, 15) is 24.3 Å². The Kier molecular flexibility index (Phi) is 15.2. The second kappa shape index (κ2) is 20.2. The minimum atomic E-state index is -1.14. The van der Waals surface area contributed by atoms with Crippen LogP contribution in [0.4, 0.5) is 9.59 Å². The summed E-state index contributed by atoms with van der Waals surface area (Å²) in [7, 11) is 1.29. The summed E-state index contributed by atoms with van der Waals surface area (Å²) in [6, 6.07) is 27.6. The molecule has 4 aromatic rings. The molecule has 13 nitrogen and oxygen atoms in total. The zero-order valence-corrected chi connectivity index (χ0v) is 34.6.